The Kier molecular flexibility index (Phi) is 2.49. The largest absolute Gasteiger partial charge is 0.499 e. The second-order valence-corrected chi connectivity index (χ2v) is 5.19. The van der Waals surface area contributed by atoms with E-state index in [-0.39, 0.29) is 5.56 Å². The number of carboxylic acids is 1. The molecule has 0 spiro atoms. The average Bonchev–Trinajstić information content (AvgIpc) is 2.17. The molecule has 0 unspecified atom stereocenters. The quantitative estimate of drug-likeness (QED) is 0.520. The van der Waals surface area contributed by atoms with Gasteiger partial charge >= 0.3 is 5.97 Å². The van der Waals surface area contributed by atoms with Crippen LogP contribution in [-0.2, 0) is 0 Å². The minimum absolute atomic E-state index is 0.197. The number of rotatable bonds is 1. The molecule has 0 radical (unpaired) electrons. The summed E-state index contributed by atoms with van der Waals surface area (Å²) in [4.78, 5) is 10.9. The average molecular weight is 227 g/mol. The Morgan fingerprint density at radius 2 is 1.59 bits per heavy atom. The molecular formula is C9H12B4O4. The number of carbonyl (C=O) groups is 1. The summed E-state index contributed by atoms with van der Waals surface area (Å²) in [7, 11) is 7.73. The van der Waals surface area contributed by atoms with Crippen LogP contribution in [0.1, 0.15) is 10.4 Å². The van der Waals surface area contributed by atoms with Crippen LogP contribution < -0.4 is 9.47 Å². The number of aromatic carboxylic acids is 1. The molecule has 1 heterocycles. The minimum Gasteiger partial charge on any atom is -0.499 e. The van der Waals surface area contributed by atoms with Crippen LogP contribution in [0, 0.1) is 0 Å². The van der Waals surface area contributed by atoms with Gasteiger partial charge in [-0.15, -0.1) is 0 Å². The maximum Gasteiger partial charge on any atom is 0.335 e. The second-order valence-electron chi connectivity index (χ2n) is 5.19. The molecule has 1 aromatic carbocycles. The van der Waals surface area contributed by atoms with Crippen LogP contribution in [0.4, 0.5) is 0 Å². The van der Waals surface area contributed by atoms with Crippen molar-refractivity contribution in [3.05, 3.63) is 23.8 Å². The van der Waals surface area contributed by atoms with Crippen LogP contribution >= 0.6 is 0 Å². The van der Waals surface area contributed by atoms with Crippen LogP contribution in [0.2, 0.25) is 0 Å². The normalized spacial score (nSPS) is 19.5. The highest BCUT2D eigenvalue weighted by atomic mass is 16.6. The Morgan fingerprint density at radius 3 is 2.12 bits per heavy atom. The molecule has 0 saturated heterocycles. The van der Waals surface area contributed by atoms with Crippen LogP contribution in [0.15, 0.2) is 18.2 Å². The van der Waals surface area contributed by atoms with Crippen molar-refractivity contribution in [2.75, 3.05) is 0 Å². The smallest absolute Gasteiger partial charge is 0.335 e. The van der Waals surface area contributed by atoms with Crippen molar-refractivity contribution < 1.29 is 19.4 Å². The molecule has 0 bridgehead atoms. The van der Waals surface area contributed by atoms with Crippen LogP contribution in [0.3, 0.4) is 0 Å². The maximum absolute atomic E-state index is 10.9. The molecule has 0 fully saturated rings. The van der Waals surface area contributed by atoms with Crippen LogP contribution in [0.25, 0.3) is 0 Å². The Balaban J connectivity index is 2.47. The highest BCUT2D eigenvalue weighted by Crippen LogP contribution is 2.39. The number of ether oxygens (including phenoxy) is 2. The third kappa shape index (κ3) is 1.92. The Morgan fingerprint density at radius 1 is 1.06 bits per heavy atom. The predicted molar refractivity (Wildman–Crippen MR) is 74.3 cm³/mol. The molecule has 0 amide bonds. The number of fused-ring (bicyclic) bond motifs is 1. The van der Waals surface area contributed by atoms with Gasteiger partial charge < -0.3 is 14.6 Å². The van der Waals surface area contributed by atoms with E-state index in [2.05, 4.69) is 0 Å². The van der Waals surface area contributed by atoms with E-state index in [1.54, 1.807) is 6.07 Å². The first-order chi connectivity index (χ1) is 7.73. The topological polar surface area (TPSA) is 55.8 Å². The van der Waals surface area contributed by atoms with Gasteiger partial charge in [-0.2, -0.15) is 0 Å². The van der Waals surface area contributed by atoms with E-state index in [0.29, 0.717) is 11.5 Å². The van der Waals surface area contributed by atoms with E-state index in [1.165, 1.54) is 12.1 Å². The van der Waals surface area contributed by atoms with E-state index in [1.807, 2.05) is 31.4 Å². The molecule has 0 saturated carbocycles. The van der Waals surface area contributed by atoms with Crippen molar-refractivity contribution in [2.24, 2.45) is 0 Å². The van der Waals surface area contributed by atoms with Gasteiger partial charge in [-0.3, -0.25) is 0 Å². The van der Waals surface area contributed by atoms with Crippen molar-refractivity contribution in [2.45, 2.75) is 10.8 Å². The van der Waals surface area contributed by atoms with Crippen molar-refractivity contribution in [1.82, 2.24) is 0 Å². The molecule has 4 nitrogen and oxygen atoms in total. The SMILES string of the molecule is BC1(B)Oc2ccc(C(=O)O)cc2OC1(B)B. The summed E-state index contributed by atoms with van der Waals surface area (Å²) in [6.45, 7) is 0. The highest BCUT2D eigenvalue weighted by molar-refractivity contribution is 6.53. The van der Waals surface area contributed by atoms with Crippen molar-refractivity contribution in [3.8, 4) is 11.5 Å². The Labute approximate surface area is 103 Å². The molecule has 1 aliphatic heterocycles. The van der Waals surface area contributed by atoms with E-state index in [0.717, 1.165) is 0 Å². The van der Waals surface area contributed by atoms with Crippen LogP contribution in [0.5, 0.6) is 11.5 Å². The molecule has 84 valence electrons. The minimum atomic E-state index is -0.973. The molecule has 2 rings (SSSR count). The predicted octanol–water partition coefficient (Wildman–Crippen LogP) is -3.00. The summed E-state index contributed by atoms with van der Waals surface area (Å²) in [6, 6.07) is 4.64. The monoisotopic (exact) mass is 228 g/mol. The van der Waals surface area contributed by atoms with Gasteiger partial charge in [-0.1, -0.05) is 0 Å². The fraction of sp³-hybridized carbons (Fsp3) is 0.222. The maximum atomic E-state index is 10.9. The summed E-state index contributed by atoms with van der Waals surface area (Å²) in [5, 5.41) is 7.94. The molecule has 0 atom stereocenters. The molecule has 1 N–H and O–H groups in total. The third-order valence-corrected chi connectivity index (χ3v) is 3.37. The van der Waals surface area contributed by atoms with Gasteiger partial charge in [0.15, 0.2) is 11.5 Å². The van der Waals surface area contributed by atoms with Gasteiger partial charge in [0.1, 0.15) is 31.4 Å². The number of benzene rings is 1. The number of hydrogen-bond donors (Lipinski definition) is 1. The first-order valence-electron chi connectivity index (χ1n) is 5.48. The zero-order valence-electron chi connectivity index (χ0n) is 10.4. The van der Waals surface area contributed by atoms with Crippen LogP contribution in [-0.4, -0.2) is 53.3 Å². The van der Waals surface area contributed by atoms with E-state index >= 15 is 0 Å². The second kappa shape index (κ2) is 3.52. The molecule has 0 aromatic heterocycles. The summed E-state index contributed by atoms with van der Waals surface area (Å²) in [6.07, 6.45) is 0. The Bertz CT molecular complexity index is 486. The molecular weight excluding hydrogens is 215 g/mol. The zero-order valence-corrected chi connectivity index (χ0v) is 10.4. The highest BCUT2D eigenvalue weighted by Gasteiger charge is 2.44. The summed E-state index contributed by atoms with van der Waals surface area (Å²) in [5.74, 6) is 0.0904. The lowest BCUT2D eigenvalue weighted by Gasteiger charge is -2.47. The lowest BCUT2D eigenvalue weighted by atomic mass is 9.41. The van der Waals surface area contributed by atoms with E-state index in [9.17, 15) is 4.79 Å². The first-order valence-corrected chi connectivity index (χ1v) is 5.48. The van der Waals surface area contributed by atoms with Gasteiger partial charge in [-0.25, -0.2) is 4.79 Å². The summed E-state index contributed by atoms with van der Waals surface area (Å²) >= 11 is 0. The Hall–Kier alpha value is -1.45. The molecule has 1 aliphatic rings. The first kappa shape index (κ1) is 12.0. The zero-order chi connectivity index (χ0) is 12.8. The fourth-order valence-corrected chi connectivity index (χ4v) is 1.60. The van der Waals surface area contributed by atoms with Crippen molar-refractivity contribution in [1.29, 1.82) is 0 Å². The van der Waals surface area contributed by atoms with Crippen molar-refractivity contribution in [3.63, 3.8) is 0 Å². The molecule has 1 aromatic rings. The number of hydrogen-bond acceptors (Lipinski definition) is 3. The lowest BCUT2D eigenvalue weighted by Crippen LogP contribution is -2.65. The molecule has 0 aliphatic carbocycles. The number of carboxylic acid groups (broad SMARTS) is 1. The van der Waals surface area contributed by atoms with Gasteiger partial charge in [-0.05, 0) is 18.2 Å². The van der Waals surface area contributed by atoms with E-state index in [4.69, 9.17) is 14.6 Å². The van der Waals surface area contributed by atoms with Gasteiger partial charge in [0.2, 0.25) is 0 Å². The lowest BCUT2D eigenvalue weighted by molar-refractivity contribution is 0.0605. The molecule has 17 heavy (non-hydrogen) atoms. The third-order valence-electron chi connectivity index (χ3n) is 3.37. The van der Waals surface area contributed by atoms with Crippen molar-refractivity contribution >= 4 is 37.4 Å². The standard InChI is InChI=1S/C9H12B4O4/c10-8(11)9(12,13)17-6-3-4(7(14)15)1-2-5(6)16-8/h1-3H,10-13H2,(H,14,15). The van der Waals surface area contributed by atoms with E-state index < -0.39 is 16.8 Å². The fourth-order valence-electron chi connectivity index (χ4n) is 1.60. The summed E-state index contributed by atoms with van der Waals surface area (Å²) in [5.41, 5.74) is 0.197. The van der Waals surface area contributed by atoms with Gasteiger partial charge in [0, 0.05) is 0 Å². The van der Waals surface area contributed by atoms with Gasteiger partial charge in [0.25, 0.3) is 0 Å². The van der Waals surface area contributed by atoms with Gasteiger partial charge in [0.05, 0.1) is 16.4 Å². The summed E-state index contributed by atoms with van der Waals surface area (Å²) < 4.78 is 11.7. The molecule has 8 heteroatoms.